The predicted octanol–water partition coefficient (Wildman–Crippen LogP) is 2.91. The molecule has 24 heavy (non-hydrogen) atoms. The van der Waals surface area contributed by atoms with Crippen molar-refractivity contribution in [2.75, 3.05) is 19.7 Å². The normalized spacial score (nSPS) is 21.5. The molecule has 0 aliphatic carbocycles. The second kappa shape index (κ2) is 7.16. The Morgan fingerprint density at radius 2 is 1.79 bits per heavy atom. The van der Waals surface area contributed by atoms with Crippen molar-refractivity contribution in [1.82, 2.24) is 4.90 Å². The van der Waals surface area contributed by atoms with Crippen molar-refractivity contribution >= 4 is 5.97 Å². The van der Waals surface area contributed by atoms with Crippen LogP contribution in [0.25, 0.3) is 0 Å². The van der Waals surface area contributed by atoms with Crippen molar-refractivity contribution in [3.63, 3.8) is 0 Å². The maximum atomic E-state index is 10.9. The molecule has 1 heterocycles. The average Bonchev–Trinajstić information content (AvgIpc) is 2.63. The summed E-state index contributed by atoms with van der Waals surface area (Å²) in [5, 5.41) is 19.1. The number of aliphatic hydroxyl groups is 1. The van der Waals surface area contributed by atoms with Crippen LogP contribution in [0.2, 0.25) is 0 Å². The first kappa shape index (κ1) is 16.7. The third-order valence-corrected chi connectivity index (χ3v) is 4.95. The summed E-state index contributed by atoms with van der Waals surface area (Å²) in [4.78, 5) is 13.3. The number of hydrogen-bond acceptors (Lipinski definition) is 3. The maximum Gasteiger partial charge on any atom is 0.335 e. The average molecular weight is 325 g/mol. The van der Waals surface area contributed by atoms with Crippen LogP contribution in [0.1, 0.15) is 34.3 Å². The van der Waals surface area contributed by atoms with E-state index in [1.54, 1.807) is 12.1 Å². The number of carboxylic acid groups (broad SMARTS) is 1. The molecule has 0 spiro atoms. The second-order valence-corrected chi connectivity index (χ2v) is 6.62. The van der Waals surface area contributed by atoms with Gasteiger partial charge in [0.25, 0.3) is 0 Å². The Bertz CT molecular complexity index is 684. The molecule has 1 aliphatic rings. The zero-order chi connectivity index (χ0) is 17.0. The molecule has 4 nitrogen and oxygen atoms in total. The van der Waals surface area contributed by atoms with Gasteiger partial charge in [-0.15, -0.1) is 0 Å². The second-order valence-electron chi connectivity index (χ2n) is 6.62. The third-order valence-electron chi connectivity index (χ3n) is 4.95. The Hall–Kier alpha value is -2.17. The van der Waals surface area contributed by atoms with Crippen molar-refractivity contribution in [1.29, 1.82) is 0 Å². The number of aliphatic hydroxyl groups excluding tert-OH is 1. The summed E-state index contributed by atoms with van der Waals surface area (Å²) in [5.41, 5.74) is 2.40. The van der Waals surface area contributed by atoms with Crippen molar-refractivity contribution in [2.45, 2.75) is 24.8 Å². The van der Waals surface area contributed by atoms with Gasteiger partial charge in [0.1, 0.15) is 0 Å². The molecule has 2 aromatic rings. The molecule has 1 saturated heterocycles. The molecule has 1 aliphatic heterocycles. The zero-order valence-electron chi connectivity index (χ0n) is 13.7. The Morgan fingerprint density at radius 3 is 2.42 bits per heavy atom. The number of piperidine rings is 1. The molecule has 0 amide bonds. The van der Waals surface area contributed by atoms with Crippen LogP contribution in [0.4, 0.5) is 0 Å². The molecule has 3 rings (SSSR count). The summed E-state index contributed by atoms with van der Waals surface area (Å²) >= 11 is 0. The van der Waals surface area contributed by atoms with Crippen LogP contribution in [0.3, 0.4) is 0 Å². The summed E-state index contributed by atoms with van der Waals surface area (Å²) in [5.74, 6) is -0.900. The van der Waals surface area contributed by atoms with Crippen LogP contribution >= 0.6 is 0 Å². The van der Waals surface area contributed by atoms with E-state index in [-0.39, 0.29) is 12.0 Å². The van der Waals surface area contributed by atoms with Crippen LogP contribution in [0.15, 0.2) is 54.6 Å². The van der Waals surface area contributed by atoms with E-state index in [0.717, 1.165) is 38.0 Å². The smallest absolute Gasteiger partial charge is 0.335 e. The molecule has 1 unspecified atom stereocenters. The predicted molar refractivity (Wildman–Crippen MR) is 93.1 cm³/mol. The number of rotatable bonds is 5. The van der Waals surface area contributed by atoms with Crippen molar-refractivity contribution in [2.24, 2.45) is 0 Å². The van der Waals surface area contributed by atoms with E-state index in [0.29, 0.717) is 5.56 Å². The Balaban J connectivity index is 1.74. The largest absolute Gasteiger partial charge is 0.478 e. The first-order valence-corrected chi connectivity index (χ1v) is 8.34. The summed E-state index contributed by atoms with van der Waals surface area (Å²) in [6, 6.07) is 17.3. The van der Waals surface area contributed by atoms with Gasteiger partial charge in [-0.25, -0.2) is 4.79 Å². The first-order valence-electron chi connectivity index (χ1n) is 8.34. The van der Waals surface area contributed by atoms with E-state index < -0.39 is 5.97 Å². The van der Waals surface area contributed by atoms with Gasteiger partial charge in [0.15, 0.2) is 0 Å². The fraction of sp³-hybridized carbons (Fsp3) is 0.350. The maximum absolute atomic E-state index is 10.9. The summed E-state index contributed by atoms with van der Waals surface area (Å²) in [7, 11) is 0. The van der Waals surface area contributed by atoms with E-state index in [4.69, 9.17) is 5.11 Å². The van der Waals surface area contributed by atoms with Crippen molar-refractivity contribution in [3.8, 4) is 0 Å². The minimum atomic E-state index is -0.900. The number of aromatic carboxylic acids is 1. The van der Waals surface area contributed by atoms with E-state index in [1.165, 1.54) is 5.56 Å². The first-order chi connectivity index (χ1) is 11.6. The van der Waals surface area contributed by atoms with Gasteiger partial charge in [-0.1, -0.05) is 42.5 Å². The number of benzene rings is 2. The lowest BCUT2D eigenvalue weighted by Gasteiger charge is -2.42. The zero-order valence-corrected chi connectivity index (χ0v) is 13.7. The van der Waals surface area contributed by atoms with Crippen LogP contribution in [0.5, 0.6) is 0 Å². The van der Waals surface area contributed by atoms with Gasteiger partial charge in [-0.3, -0.25) is 4.90 Å². The van der Waals surface area contributed by atoms with Gasteiger partial charge >= 0.3 is 5.97 Å². The van der Waals surface area contributed by atoms with Gasteiger partial charge in [-0.05, 0) is 42.6 Å². The van der Waals surface area contributed by atoms with Crippen LogP contribution in [-0.4, -0.2) is 40.8 Å². The Kier molecular flexibility index (Phi) is 4.97. The minimum absolute atomic E-state index is 0.144. The van der Waals surface area contributed by atoms with Gasteiger partial charge < -0.3 is 10.2 Å². The molecule has 1 atom stereocenters. The van der Waals surface area contributed by atoms with E-state index in [9.17, 15) is 9.90 Å². The van der Waals surface area contributed by atoms with Crippen molar-refractivity contribution < 1.29 is 15.0 Å². The fourth-order valence-electron chi connectivity index (χ4n) is 3.62. The minimum Gasteiger partial charge on any atom is -0.478 e. The molecular weight excluding hydrogens is 302 g/mol. The lowest BCUT2D eigenvalue weighted by atomic mass is 9.74. The molecule has 2 N–H and O–H groups in total. The SMILES string of the molecule is O=C(O)c1ccc(CN2CCCC(CO)(c3ccccc3)C2)cc1. The lowest BCUT2D eigenvalue weighted by Crippen LogP contribution is -2.47. The van der Waals surface area contributed by atoms with Gasteiger partial charge in [-0.2, -0.15) is 0 Å². The highest BCUT2D eigenvalue weighted by Crippen LogP contribution is 2.34. The molecule has 0 saturated carbocycles. The number of likely N-dealkylation sites (tertiary alicyclic amines) is 1. The summed E-state index contributed by atoms with van der Waals surface area (Å²) < 4.78 is 0. The number of carbonyl (C=O) groups is 1. The Labute approximate surface area is 142 Å². The van der Waals surface area contributed by atoms with Crippen LogP contribution in [-0.2, 0) is 12.0 Å². The molecule has 0 radical (unpaired) electrons. The van der Waals surface area contributed by atoms with Crippen LogP contribution in [0, 0.1) is 0 Å². The van der Waals surface area contributed by atoms with E-state index in [1.807, 2.05) is 30.3 Å². The lowest BCUT2D eigenvalue weighted by molar-refractivity contribution is 0.0696. The monoisotopic (exact) mass is 325 g/mol. The van der Waals surface area contributed by atoms with Gasteiger partial charge in [0.05, 0.1) is 12.2 Å². The summed E-state index contributed by atoms with van der Waals surface area (Å²) in [6.45, 7) is 2.73. The molecule has 126 valence electrons. The summed E-state index contributed by atoms with van der Waals surface area (Å²) in [6.07, 6.45) is 2.03. The van der Waals surface area contributed by atoms with Gasteiger partial charge in [0, 0.05) is 18.5 Å². The van der Waals surface area contributed by atoms with Crippen molar-refractivity contribution in [3.05, 3.63) is 71.3 Å². The molecule has 0 aromatic heterocycles. The number of hydrogen-bond donors (Lipinski definition) is 2. The van der Waals surface area contributed by atoms with E-state index >= 15 is 0 Å². The number of carboxylic acids is 1. The molecule has 1 fully saturated rings. The highest BCUT2D eigenvalue weighted by atomic mass is 16.4. The third kappa shape index (κ3) is 3.50. The molecule has 2 aromatic carbocycles. The molecule has 4 heteroatoms. The number of nitrogens with zero attached hydrogens (tertiary/aromatic N) is 1. The highest BCUT2D eigenvalue weighted by Gasteiger charge is 2.36. The highest BCUT2D eigenvalue weighted by molar-refractivity contribution is 5.87. The topological polar surface area (TPSA) is 60.8 Å². The molecule has 0 bridgehead atoms. The quantitative estimate of drug-likeness (QED) is 0.887. The standard InChI is InChI=1S/C20H23NO3/c22-15-20(18-5-2-1-3-6-18)11-4-12-21(14-20)13-16-7-9-17(10-8-16)19(23)24/h1-3,5-10,22H,4,11-15H2,(H,23,24). The Morgan fingerprint density at radius 1 is 1.08 bits per heavy atom. The molecular formula is C20H23NO3. The van der Waals surface area contributed by atoms with Crippen LogP contribution < -0.4 is 0 Å². The van der Waals surface area contributed by atoms with Gasteiger partial charge in [0.2, 0.25) is 0 Å². The fourth-order valence-corrected chi connectivity index (χ4v) is 3.62. The van der Waals surface area contributed by atoms with E-state index in [2.05, 4.69) is 17.0 Å².